The molecule has 0 aliphatic rings. The molecule has 4 heteroatoms. The zero-order valence-electron chi connectivity index (χ0n) is 15.0. The van der Waals surface area contributed by atoms with Crippen LogP contribution in [-0.4, -0.2) is 37.8 Å². The first-order chi connectivity index (χ1) is 8.63. The van der Waals surface area contributed by atoms with Crippen molar-refractivity contribution in [3.63, 3.8) is 0 Å². The van der Waals surface area contributed by atoms with E-state index in [1.807, 2.05) is 13.8 Å². The van der Waals surface area contributed by atoms with E-state index >= 15 is 0 Å². The van der Waals surface area contributed by atoms with E-state index in [1.165, 1.54) is 0 Å². The van der Waals surface area contributed by atoms with Crippen molar-refractivity contribution < 1.29 is 14.6 Å². The Morgan fingerprint density at radius 1 is 0.950 bits per heavy atom. The minimum atomic E-state index is -0.853. The molecule has 0 radical (unpaired) electrons. The highest BCUT2D eigenvalue weighted by Gasteiger charge is 2.49. The largest absolute Gasteiger partial charge is 0.418 e. The fraction of sp³-hybridized carbons (Fsp3) is 1.00. The Morgan fingerprint density at radius 2 is 1.40 bits per heavy atom. The van der Waals surface area contributed by atoms with E-state index in [2.05, 4.69) is 48.5 Å². The fourth-order valence-corrected chi connectivity index (χ4v) is 4.64. The van der Waals surface area contributed by atoms with E-state index in [-0.39, 0.29) is 23.0 Å². The standard InChI is InChI=1S/C16H36O3Si/c1-13(2,3)20-19-16(8,9)12(15(6,7)18)14(4,5)10-11-17/h12,17-18H,10-11,20H2,1-9H3. The summed E-state index contributed by atoms with van der Waals surface area (Å²) in [7, 11) is -0.701. The third-order valence-electron chi connectivity index (χ3n) is 3.82. The Bertz CT molecular complexity index is 298. The van der Waals surface area contributed by atoms with Crippen molar-refractivity contribution in [1.29, 1.82) is 0 Å². The van der Waals surface area contributed by atoms with Crippen LogP contribution in [0.3, 0.4) is 0 Å². The predicted octanol–water partition coefficient (Wildman–Crippen LogP) is 2.88. The first kappa shape index (κ1) is 20.1. The molecule has 20 heavy (non-hydrogen) atoms. The molecule has 2 N–H and O–H groups in total. The monoisotopic (exact) mass is 304 g/mol. The van der Waals surface area contributed by atoms with Crippen molar-refractivity contribution in [2.75, 3.05) is 6.61 Å². The van der Waals surface area contributed by atoms with E-state index in [0.717, 1.165) is 0 Å². The van der Waals surface area contributed by atoms with E-state index in [0.29, 0.717) is 6.42 Å². The molecule has 3 nitrogen and oxygen atoms in total. The maximum absolute atomic E-state index is 10.7. The topological polar surface area (TPSA) is 49.7 Å². The summed E-state index contributed by atoms with van der Waals surface area (Å²) in [4.78, 5) is 0. The maximum atomic E-state index is 10.7. The van der Waals surface area contributed by atoms with Gasteiger partial charge in [0, 0.05) is 12.5 Å². The smallest absolute Gasteiger partial charge is 0.167 e. The van der Waals surface area contributed by atoms with Crippen molar-refractivity contribution in [3.8, 4) is 0 Å². The van der Waals surface area contributed by atoms with Gasteiger partial charge in [0.25, 0.3) is 0 Å². The van der Waals surface area contributed by atoms with Crippen LogP contribution in [-0.2, 0) is 4.43 Å². The van der Waals surface area contributed by atoms with Crippen molar-refractivity contribution in [1.82, 2.24) is 0 Å². The van der Waals surface area contributed by atoms with Crippen LogP contribution in [0.4, 0.5) is 0 Å². The Labute approximate surface area is 128 Å². The lowest BCUT2D eigenvalue weighted by atomic mass is 9.62. The average molecular weight is 305 g/mol. The maximum Gasteiger partial charge on any atom is 0.167 e. The molecule has 0 bridgehead atoms. The summed E-state index contributed by atoms with van der Waals surface area (Å²) >= 11 is 0. The molecule has 0 fully saturated rings. The number of rotatable bonds is 7. The third-order valence-corrected chi connectivity index (χ3v) is 5.57. The Kier molecular flexibility index (Phi) is 6.50. The van der Waals surface area contributed by atoms with Crippen molar-refractivity contribution in [2.24, 2.45) is 11.3 Å². The Hall–Kier alpha value is 0.0969. The first-order valence-corrected chi connectivity index (χ1v) is 8.89. The van der Waals surface area contributed by atoms with Gasteiger partial charge in [0.05, 0.1) is 11.2 Å². The number of hydrogen-bond acceptors (Lipinski definition) is 3. The quantitative estimate of drug-likeness (QED) is 0.711. The van der Waals surface area contributed by atoms with E-state index in [9.17, 15) is 10.2 Å². The molecule has 0 aliphatic carbocycles. The fourth-order valence-electron chi connectivity index (χ4n) is 3.67. The summed E-state index contributed by atoms with van der Waals surface area (Å²) in [5.41, 5.74) is -1.45. The van der Waals surface area contributed by atoms with Gasteiger partial charge in [-0.2, -0.15) is 0 Å². The molecule has 0 amide bonds. The lowest BCUT2D eigenvalue weighted by molar-refractivity contribution is -0.133. The summed E-state index contributed by atoms with van der Waals surface area (Å²) < 4.78 is 6.31. The predicted molar refractivity (Wildman–Crippen MR) is 88.7 cm³/mol. The molecule has 122 valence electrons. The number of aliphatic hydroxyl groups excluding tert-OH is 1. The van der Waals surface area contributed by atoms with Crippen LogP contribution in [0.15, 0.2) is 0 Å². The van der Waals surface area contributed by atoms with Crippen molar-refractivity contribution in [3.05, 3.63) is 0 Å². The van der Waals surface area contributed by atoms with E-state index in [1.54, 1.807) is 0 Å². The zero-order chi connectivity index (χ0) is 16.4. The molecule has 0 aromatic heterocycles. The van der Waals surface area contributed by atoms with Crippen LogP contribution in [0.25, 0.3) is 0 Å². The van der Waals surface area contributed by atoms with Gasteiger partial charge in [-0.1, -0.05) is 34.6 Å². The molecular formula is C16H36O3Si. The molecule has 0 aliphatic heterocycles. The summed E-state index contributed by atoms with van der Waals surface area (Å²) in [6, 6.07) is 0. The number of hydrogen-bond donors (Lipinski definition) is 2. The van der Waals surface area contributed by atoms with Gasteiger partial charge in [-0.15, -0.1) is 0 Å². The second kappa shape index (κ2) is 6.47. The number of aliphatic hydroxyl groups is 2. The second-order valence-corrected chi connectivity index (χ2v) is 11.7. The van der Waals surface area contributed by atoms with Crippen LogP contribution >= 0.6 is 0 Å². The average Bonchev–Trinajstić information content (AvgIpc) is 2.09. The minimum Gasteiger partial charge on any atom is -0.418 e. The van der Waals surface area contributed by atoms with Gasteiger partial charge >= 0.3 is 0 Å². The zero-order valence-corrected chi connectivity index (χ0v) is 16.4. The third kappa shape index (κ3) is 6.25. The van der Waals surface area contributed by atoms with Gasteiger partial charge in [0.15, 0.2) is 9.76 Å². The first-order valence-electron chi connectivity index (χ1n) is 7.61. The normalized spacial score (nSPS) is 16.9. The lowest BCUT2D eigenvalue weighted by Crippen LogP contribution is -2.55. The molecule has 0 saturated carbocycles. The summed E-state index contributed by atoms with van der Waals surface area (Å²) in [6.45, 7) is 18.8. The molecule has 0 rings (SSSR count). The van der Waals surface area contributed by atoms with Gasteiger partial charge in [-0.25, -0.2) is 0 Å². The van der Waals surface area contributed by atoms with E-state index in [4.69, 9.17) is 4.43 Å². The van der Waals surface area contributed by atoms with E-state index < -0.39 is 21.0 Å². The summed E-state index contributed by atoms with van der Waals surface area (Å²) in [5, 5.41) is 20.2. The molecule has 1 atom stereocenters. The Balaban J connectivity index is 5.32. The van der Waals surface area contributed by atoms with Gasteiger partial charge in [-0.3, -0.25) is 0 Å². The Morgan fingerprint density at radius 3 is 1.70 bits per heavy atom. The summed E-state index contributed by atoms with van der Waals surface area (Å²) in [5.74, 6) is -0.0514. The van der Waals surface area contributed by atoms with Crippen molar-refractivity contribution >= 4 is 9.76 Å². The minimum absolute atomic E-state index is 0.0514. The van der Waals surface area contributed by atoms with Gasteiger partial charge in [0.2, 0.25) is 0 Å². The van der Waals surface area contributed by atoms with Crippen LogP contribution < -0.4 is 0 Å². The SMILES string of the molecule is CC(C)(C)[SiH2]OC(C)(C)C(C(C)(C)O)C(C)(C)CCO. The molecule has 0 heterocycles. The van der Waals surface area contributed by atoms with Gasteiger partial charge in [-0.05, 0) is 44.6 Å². The molecule has 0 aromatic carbocycles. The highest BCUT2D eigenvalue weighted by molar-refractivity contribution is 6.31. The van der Waals surface area contributed by atoms with Crippen LogP contribution in [0, 0.1) is 11.3 Å². The molecular weight excluding hydrogens is 268 g/mol. The van der Waals surface area contributed by atoms with Crippen LogP contribution in [0.1, 0.15) is 68.7 Å². The molecule has 0 saturated heterocycles. The summed E-state index contributed by atoms with van der Waals surface area (Å²) in [6.07, 6.45) is 0.658. The van der Waals surface area contributed by atoms with Crippen molar-refractivity contribution in [2.45, 2.75) is 85.0 Å². The second-order valence-electron chi connectivity index (χ2n) is 9.00. The lowest BCUT2D eigenvalue weighted by Gasteiger charge is -2.51. The highest BCUT2D eigenvalue weighted by Crippen LogP contribution is 2.46. The molecule has 0 aromatic rings. The van der Waals surface area contributed by atoms with Gasteiger partial charge in [0.1, 0.15) is 0 Å². The highest BCUT2D eigenvalue weighted by atomic mass is 28.2. The molecule has 1 unspecified atom stereocenters. The molecule has 0 spiro atoms. The van der Waals surface area contributed by atoms with Gasteiger partial charge < -0.3 is 14.6 Å². The van der Waals surface area contributed by atoms with Crippen LogP contribution in [0.2, 0.25) is 5.04 Å². The van der Waals surface area contributed by atoms with Crippen LogP contribution in [0.5, 0.6) is 0 Å².